The van der Waals surface area contributed by atoms with Gasteiger partial charge in [-0.2, -0.15) is 5.10 Å². The van der Waals surface area contributed by atoms with Crippen molar-refractivity contribution >= 4 is 29.9 Å². The highest BCUT2D eigenvalue weighted by Crippen LogP contribution is 2.27. The molecule has 0 bridgehead atoms. The lowest BCUT2D eigenvalue weighted by Gasteiger charge is -2.26. The van der Waals surface area contributed by atoms with Crippen molar-refractivity contribution in [3.05, 3.63) is 53.9 Å². The number of nitrogens with one attached hydrogen (secondary N) is 1. The minimum atomic E-state index is 0. The van der Waals surface area contributed by atoms with Crippen LogP contribution in [-0.4, -0.2) is 65.8 Å². The van der Waals surface area contributed by atoms with Crippen molar-refractivity contribution in [3.63, 3.8) is 0 Å². The molecule has 1 aliphatic rings. The summed E-state index contributed by atoms with van der Waals surface area (Å²) in [4.78, 5) is 9.62. The molecule has 6 nitrogen and oxygen atoms in total. The zero-order chi connectivity index (χ0) is 19.2. The standard InChI is InChI=1S/C21H32N6.HI/c1-5-22-21(23-14-20(25(2)3)17-9-7-6-8-10-17)27-12-11-18(16-27)19-13-24-26(4)15-19;/h6-10,13,15,18,20H,5,11-12,14,16H2,1-4H3,(H,22,23);1H. The summed E-state index contributed by atoms with van der Waals surface area (Å²) >= 11 is 0. The maximum atomic E-state index is 5.00. The minimum Gasteiger partial charge on any atom is -0.357 e. The SMILES string of the molecule is CCNC(=NCC(c1ccccc1)N(C)C)N1CCC(c2cnn(C)c2)C1.I. The van der Waals surface area contributed by atoms with E-state index in [0.717, 1.165) is 38.6 Å². The number of rotatable bonds is 6. The molecule has 1 saturated heterocycles. The first-order valence-electron chi connectivity index (χ1n) is 9.81. The quantitative estimate of drug-likeness (QED) is 0.380. The van der Waals surface area contributed by atoms with Crippen molar-refractivity contribution in [1.29, 1.82) is 0 Å². The molecule has 0 radical (unpaired) electrons. The Hall–Kier alpha value is -1.61. The van der Waals surface area contributed by atoms with E-state index in [4.69, 9.17) is 4.99 Å². The molecule has 1 aliphatic heterocycles. The van der Waals surface area contributed by atoms with E-state index in [1.807, 2.05) is 17.9 Å². The second-order valence-corrected chi connectivity index (χ2v) is 7.46. The van der Waals surface area contributed by atoms with Crippen LogP contribution in [0.3, 0.4) is 0 Å². The molecule has 0 spiro atoms. The van der Waals surface area contributed by atoms with Gasteiger partial charge in [-0.3, -0.25) is 9.67 Å². The molecule has 0 saturated carbocycles. The predicted octanol–water partition coefficient (Wildman–Crippen LogP) is 3.10. The zero-order valence-corrected chi connectivity index (χ0v) is 19.7. The van der Waals surface area contributed by atoms with Crippen LogP contribution in [0, 0.1) is 0 Å². The molecule has 1 fully saturated rings. The summed E-state index contributed by atoms with van der Waals surface area (Å²) in [6, 6.07) is 10.9. The van der Waals surface area contributed by atoms with E-state index in [1.54, 1.807) is 0 Å². The maximum Gasteiger partial charge on any atom is 0.194 e. The topological polar surface area (TPSA) is 48.7 Å². The molecule has 3 rings (SSSR count). The first-order chi connectivity index (χ1) is 13.1. The van der Waals surface area contributed by atoms with Gasteiger partial charge in [-0.05, 0) is 38.6 Å². The molecular weight excluding hydrogens is 463 g/mol. The van der Waals surface area contributed by atoms with E-state index in [2.05, 4.69) is 77.8 Å². The molecule has 1 aromatic carbocycles. The van der Waals surface area contributed by atoms with Gasteiger partial charge in [0.2, 0.25) is 0 Å². The van der Waals surface area contributed by atoms with Crippen molar-refractivity contribution in [2.24, 2.45) is 12.0 Å². The third kappa shape index (κ3) is 5.70. The van der Waals surface area contributed by atoms with Crippen LogP contribution in [0.1, 0.15) is 36.4 Å². The Bertz CT molecular complexity index is 742. The molecular formula is C21H33IN6. The number of aliphatic imine (C=N–C) groups is 1. The number of guanidine groups is 1. The Kier molecular flexibility index (Phi) is 8.75. The normalized spacial score (nSPS) is 18.2. The van der Waals surface area contributed by atoms with E-state index < -0.39 is 0 Å². The average molecular weight is 496 g/mol. The number of benzene rings is 1. The average Bonchev–Trinajstić information content (AvgIpc) is 3.30. The van der Waals surface area contributed by atoms with E-state index in [9.17, 15) is 0 Å². The Morgan fingerprint density at radius 1 is 1.32 bits per heavy atom. The van der Waals surface area contributed by atoms with Gasteiger partial charge in [0, 0.05) is 38.8 Å². The summed E-state index contributed by atoms with van der Waals surface area (Å²) in [5.74, 6) is 1.55. The van der Waals surface area contributed by atoms with Gasteiger partial charge in [0.1, 0.15) is 0 Å². The number of likely N-dealkylation sites (tertiary alicyclic amines) is 1. The first-order valence-corrected chi connectivity index (χ1v) is 9.81. The first kappa shape index (κ1) is 22.7. The second kappa shape index (κ2) is 10.8. The lowest BCUT2D eigenvalue weighted by molar-refractivity contribution is 0.305. The molecule has 1 N–H and O–H groups in total. The molecule has 7 heteroatoms. The van der Waals surface area contributed by atoms with Crippen LogP contribution in [0.25, 0.3) is 0 Å². The highest BCUT2D eigenvalue weighted by atomic mass is 127. The third-order valence-corrected chi connectivity index (χ3v) is 5.24. The number of aromatic nitrogens is 2. The number of hydrogen-bond acceptors (Lipinski definition) is 3. The van der Waals surface area contributed by atoms with Gasteiger partial charge in [0.25, 0.3) is 0 Å². The third-order valence-electron chi connectivity index (χ3n) is 5.24. The van der Waals surface area contributed by atoms with Gasteiger partial charge in [0.05, 0.1) is 18.8 Å². The number of aryl methyl sites for hydroxylation is 1. The number of halogens is 1. The lowest BCUT2D eigenvalue weighted by Crippen LogP contribution is -2.40. The van der Waals surface area contributed by atoms with Gasteiger partial charge in [-0.1, -0.05) is 30.3 Å². The predicted molar refractivity (Wildman–Crippen MR) is 126 cm³/mol. The van der Waals surface area contributed by atoms with Gasteiger partial charge in [-0.15, -0.1) is 24.0 Å². The van der Waals surface area contributed by atoms with Crippen LogP contribution < -0.4 is 5.32 Å². The van der Waals surface area contributed by atoms with Crippen LogP contribution >= 0.6 is 24.0 Å². The van der Waals surface area contributed by atoms with Crippen LogP contribution in [0.4, 0.5) is 0 Å². The fraction of sp³-hybridized carbons (Fsp3) is 0.524. The van der Waals surface area contributed by atoms with Crippen molar-refractivity contribution in [1.82, 2.24) is 24.9 Å². The smallest absolute Gasteiger partial charge is 0.194 e. The van der Waals surface area contributed by atoms with E-state index in [-0.39, 0.29) is 30.0 Å². The Morgan fingerprint density at radius 2 is 2.07 bits per heavy atom. The Labute approximate surface area is 186 Å². The number of nitrogens with zero attached hydrogens (tertiary/aromatic N) is 5. The monoisotopic (exact) mass is 496 g/mol. The van der Waals surface area contributed by atoms with E-state index in [1.165, 1.54) is 11.1 Å². The molecule has 1 aromatic heterocycles. The van der Waals surface area contributed by atoms with Crippen LogP contribution in [0.5, 0.6) is 0 Å². The fourth-order valence-electron chi connectivity index (χ4n) is 3.72. The van der Waals surface area contributed by atoms with Crippen molar-refractivity contribution in [2.45, 2.75) is 25.3 Å². The van der Waals surface area contributed by atoms with E-state index in [0.29, 0.717) is 5.92 Å². The Balaban J connectivity index is 0.00000280. The maximum absolute atomic E-state index is 5.00. The van der Waals surface area contributed by atoms with Crippen molar-refractivity contribution in [3.8, 4) is 0 Å². The summed E-state index contributed by atoms with van der Waals surface area (Å²) in [6.07, 6.45) is 5.28. The summed E-state index contributed by atoms with van der Waals surface area (Å²) in [6.45, 7) is 5.78. The molecule has 2 unspecified atom stereocenters. The molecule has 0 amide bonds. The summed E-state index contributed by atoms with van der Waals surface area (Å²) in [5.41, 5.74) is 2.63. The van der Waals surface area contributed by atoms with Gasteiger partial charge >= 0.3 is 0 Å². The molecule has 2 heterocycles. The number of likely N-dealkylation sites (N-methyl/N-ethyl adjacent to an activating group) is 1. The van der Waals surface area contributed by atoms with Crippen molar-refractivity contribution < 1.29 is 0 Å². The van der Waals surface area contributed by atoms with Crippen LogP contribution in [0.15, 0.2) is 47.7 Å². The van der Waals surface area contributed by atoms with Crippen LogP contribution in [-0.2, 0) is 7.05 Å². The fourth-order valence-corrected chi connectivity index (χ4v) is 3.72. The largest absolute Gasteiger partial charge is 0.357 e. The lowest BCUT2D eigenvalue weighted by atomic mass is 10.0. The molecule has 28 heavy (non-hydrogen) atoms. The minimum absolute atomic E-state index is 0. The molecule has 2 aromatic rings. The van der Waals surface area contributed by atoms with Gasteiger partial charge in [-0.25, -0.2) is 0 Å². The second-order valence-electron chi connectivity index (χ2n) is 7.46. The highest BCUT2D eigenvalue weighted by molar-refractivity contribution is 14.0. The van der Waals surface area contributed by atoms with Crippen molar-refractivity contribution in [2.75, 3.05) is 40.3 Å². The van der Waals surface area contributed by atoms with Gasteiger partial charge in [0.15, 0.2) is 5.96 Å². The summed E-state index contributed by atoms with van der Waals surface area (Å²) in [7, 11) is 6.22. The Morgan fingerprint density at radius 3 is 2.68 bits per heavy atom. The van der Waals surface area contributed by atoms with E-state index >= 15 is 0 Å². The number of hydrogen-bond donors (Lipinski definition) is 1. The molecule has 2 atom stereocenters. The highest BCUT2D eigenvalue weighted by Gasteiger charge is 2.27. The zero-order valence-electron chi connectivity index (χ0n) is 17.4. The van der Waals surface area contributed by atoms with Crippen LogP contribution in [0.2, 0.25) is 0 Å². The van der Waals surface area contributed by atoms with Gasteiger partial charge < -0.3 is 15.1 Å². The summed E-state index contributed by atoms with van der Waals surface area (Å²) in [5, 5.41) is 7.81. The summed E-state index contributed by atoms with van der Waals surface area (Å²) < 4.78 is 1.89. The molecule has 154 valence electrons. The molecule has 0 aliphatic carbocycles.